The van der Waals surface area contributed by atoms with Crippen molar-refractivity contribution in [2.75, 3.05) is 0 Å². The van der Waals surface area contributed by atoms with E-state index in [1.54, 1.807) is 42.6 Å². The van der Waals surface area contributed by atoms with Crippen LogP contribution in [0.5, 0.6) is 5.75 Å². The first kappa shape index (κ1) is 18.5. The molecule has 6 nitrogen and oxygen atoms in total. The smallest absolute Gasteiger partial charge is 0.349 e. The van der Waals surface area contributed by atoms with Gasteiger partial charge in [0.1, 0.15) is 16.9 Å². The second-order valence-corrected chi connectivity index (χ2v) is 7.79. The Balaban J connectivity index is 1.68. The third-order valence-electron chi connectivity index (χ3n) is 4.15. The lowest BCUT2D eigenvalue weighted by atomic mass is 10.1. The lowest BCUT2D eigenvalue weighted by molar-refractivity contribution is 0.466. The first-order chi connectivity index (χ1) is 13.5. The molecule has 2 heterocycles. The molecule has 140 valence electrons. The molecule has 0 saturated heterocycles. The van der Waals surface area contributed by atoms with Crippen LogP contribution in [0.1, 0.15) is 18.1 Å². The van der Waals surface area contributed by atoms with Gasteiger partial charge in [-0.25, -0.2) is 9.79 Å². The summed E-state index contributed by atoms with van der Waals surface area (Å²) in [5.74, 6) is -0.135. The Labute approximate surface area is 169 Å². The molecule has 0 spiro atoms. The summed E-state index contributed by atoms with van der Waals surface area (Å²) in [5.41, 5.74) is 1.03. The third kappa shape index (κ3) is 3.58. The molecule has 0 saturated carbocycles. The Hall–Kier alpha value is -2.90. The van der Waals surface area contributed by atoms with Crippen LogP contribution in [0, 0.1) is 0 Å². The van der Waals surface area contributed by atoms with Crippen LogP contribution in [0.3, 0.4) is 0 Å². The van der Waals surface area contributed by atoms with Crippen molar-refractivity contribution >= 4 is 51.4 Å². The number of nitrogens with zero attached hydrogens (tertiary/aromatic N) is 3. The summed E-state index contributed by atoms with van der Waals surface area (Å²) in [6.45, 7) is 1.88. The quantitative estimate of drug-likeness (QED) is 0.391. The minimum atomic E-state index is -0.631. The highest BCUT2D eigenvalue weighted by molar-refractivity contribution is 8.15. The molecule has 1 N–H and O–H groups in total. The van der Waals surface area contributed by atoms with Crippen molar-refractivity contribution in [1.82, 2.24) is 0 Å². The van der Waals surface area contributed by atoms with Crippen LogP contribution in [0.4, 0.5) is 0 Å². The lowest BCUT2D eigenvalue weighted by Gasteiger charge is -2.08. The molecule has 0 aliphatic carbocycles. The van der Waals surface area contributed by atoms with Crippen LogP contribution in [-0.4, -0.2) is 27.5 Å². The summed E-state index contributed by atoms with van der Waals surface area (Å²) in [6, 6.07) is 14.0. The van der Waals surface area contributed by atoms with Gasteiger partial charge in [-0.3, -0.25) is 0 Å². The largest absolute Gasteiger partial charge is 0.506 e. The maximum absolute atomic E-state index is 12.4. The van der Waals surface area contributed by atoms with Gasteiger partial charge in [0.25, 0.3) is 0 Å². The molecule has 0 fully saturated rings. The van der Waals surface area contributed by atoms with Crippen molar-refractivity contribution < 1.29 is 9.52 Å². The standard InChI is InChI=1S/C20H14ClN3O3S/c1-11-17(16-18(25)14-4-2-3-5-15(14)27-19(16)26)23-20(28-11)24-22-10-12-6-8-13(21)9-7-12/h2-11,25H,1H3/b22-10+,24-20+. The van der Waals surface area contributed by atoms with Crippen LogP contribution >= 0.6 is 23.4 Å². The second-order valence-electron chi connectivity index (χ2n) is 6.05. The van der Waals surface area contributed by atoms with Gasteiger partial charge in [-0.05, 0) is 36.8 Å². The van der Waals surface area contributed by atoms with Gasteiger partial charge in [-0.1, -0.05) is 47.6 Å². The fourth-order valence-electron chi connectivity index (χ4n) is 2.79. The van der Waals surface area contributed by atoms with E-state index in [9.17, 15) is 9.90 Å². The van der Waals surface area contributed by atoms with E-state index in [1.807, 2.05) is 19.1 Å². The van der Waals surface area contributed by atoms with Crippen molar-refractivity contribution in [1.29, 1.82) is 0 Å². The van der Waals surface area contributed by atoms with Gasteiger partial charge in [0, 0.05) is 5.02 Å². The summed E-state index contributed by atoms with van der Waals surface area (Å²) in [5, 5.41) is 20.1. The molecule has 2 aromatic carbocycles. The Morgan fingerprint density at radius 2 is 1.96 bits per heavy atom. The first-order valence-corrected chi connectivity index (χ1v) is 9.65. The van der Waals surface area contributed by atoms with Crippen molar-refractivity contribution in [2.45, 2.75) is 12.2 Å². The Morgan fingerprint density at radius 1 is 1.21 bits per heavy atom. The van der Waals surface area contributed by atoms with E-state index in [0.29, 0.717) is 26.9 Å². The van der Waals surface area contributed by atoms with Gasteiger partial charge in [0.05, 0.1) is 22.6 Å². The Bertz CT molecular complexity index is 1200. The number of halogens is 1. The maximum Gasteiger partial charge on any atom is 0.349 e. The number of rotatable bonds is 3. The van der Waals surface area contributed by atoms with E-state index in [1.165, 1.54) is 11.8 Å². The maximum atomic E-state index is 12.4. The molecule has 0 bridgehead atoms. The number of amidine groups is 1. The van der Waals surface area contributed by atoms with Gasteiger partial charge in [0.2, 0.25) is 5.17 Å². The molecule has 3 aromatic rings. The van der Waals surface area contributed by atoms with E-state index >= 15 is 0 Å². The Morgan fingerprint density at radius 3 is 2.75 bits per heavy atom. The highest BCUT2D eigenvalue weighted by Gasteiger charge is 2.29. The van der Waals surface area contributed by atoms with Crippen molar-refractivity contribution in [3.8, 4) is 5.75 Å². The van der Waals surface area contributed by atoms with Gasteiger partial charge in [-0.2, -0.15) is 5.10 Å². The van der Waals surface area contributed by atoms with Crippen LogP contribution in [-0.2, 0) is 0 Å². The molecule has 4 rings (SSSR count). The van der Waals surface area contributed by atoms with E-state index in [4.69, 9.17) is 16.0 Å². The zero-order valence-corrected chi connectivity index (χ0v) is 16.2. The molecule has 1 aromatic heterocycles. The van der Waals surface area contributed by atoms with E-state index < -0.39 is 5.63 Å². The summed E-state index contributed by atoms with van der Waals surface area (Å²) >= 11 is 7.20. The first-order valence-electron chi connectivity index (χ1n) is 8.40. The second kappa shape index (κ2) is 7.61. The average Bonchev–Trinajstić information content (AvgIpc) is 3.04. The minimum Gasteiger partial charge on any atom is -0.506 e. The van der Waals surface area contributed by atoms with Crippen LogP contribution < -0.4 is 5.63 Å². The number of benzene rings is 2. The van der Waals surface area contributed by atoms with E-state index in [-0.39, 0.29) is 16.6 Å². The van der Waals surface area contributed by atoms with E-state index in [2.05, 4.69) is 15.2 Å². The zero-order valence-electron chi connectivity index (χ0n) is 14.7. The number of para-hydroxylation sites is 1. The molecule has 1 aliphatic rings. The fourth-order valence-corrected chi connectivity index (χ4v) is 3.76. The normalized spacial score (nSPS) is 18.3. The van der Waals surface area contributed by atoms with Crippen molar-refractivity contribution in [3.05, 3.63) is 75.1 Å². The number of fused-ring (bicyclic) bond motifs is 1. The number of aliphatic imine (C=N–C) groups is 1. The predicted octanol–water partition coefficient (Wildman–Crippen LogP) is 4.47. The monoisotopic (exact) mass is 411 g/mol. The predicted molar refractivity (Wildman–Crippen MR) is 114 cm³/mol. The summed E-state index contributed by atoms with van der Waals surface area (Å²) in [6.07, 6.45) is 1.59. The zero-order chi connectivity index (χ0) is 19.7. The number of hydrogen-bond donors (Lipinski definition) is 1. The minimum absolute atomic E-state index is 0.0607. The molecule has 28 heavy (non-hydrogen) atoms. The molecule has 8 heteroatoms. The molecular formula is C20H14ClN3O3S. The van der Waals surface area contributed by atoms with Crippen LogP contribution in [0.15, 0.2) is 72.9 Å². The van der Waals surface area contributed by atoms with Gasteiger partial charge < -0.3 is 9.52 Å². The SMILES string of the molecule is CC1S/C(=N/N=C/c2ccc(Cl)cc2)N=C1c1c(O)c2ccccc2oc1=O. The third-order valence-corrected chi connectivity index (χ3v) is 5.36. The number of thioether (sulfide) groups is 1. The van der Waals surface area contributed by atoms with Gasteiger partial charge in [-0.15, -0.1) is 5.10 Å². The molecule has 1 aliphatic heterocycles. The average molecular weight is 412 g/mol. The highest BCUT2D eigenvalue weighted by Crippen LogP contribution is 2.32. The Kier molecular flexibility index (Phi) is 5.02. The van der Waals surface area contributed by atoms with Crippen molar-refractivity contribution in [3.63, 3.8) is 0 Å². The summed E-state index contributed by atoms with van der Waals surface area (Å²) < 4.78 is 5.33. The van der Waals surface area contributed by atoms with Crippen LogP contribution in [0.25, 0.3) is 11.0 Å². The van der Waals surface area contributed by atoms with Crippen molar-refractivity contribution in [2.24, 2.45) is 15.2 Å². The lowest BCUT2D eigenvalue weighted by Crippen LogP contribution is -2.20. The fraction of sp³-hybridized carbons (Fsp3) is 0.100. The molecule has 0 amide bonds. The highest BCUT2D eigenvalue weighted by atomic mass is 35.5. The molecular weight excluding hydrogens is 398 g/mol. The number of aromatic hydroxyl groups is 1. The number of hydrogen-bond acceptors (Lipinski definition) is 6. The van der Waals surface area contributed by atoms with Gasteiger partial charge >= 0.3 is 5.63 Å². The summed E-state index contributed by atoms with van der Waals surface area (Å²) in [7, 11) is 0. The molecule has 1 unspecified atom stereocenters. The summed E-state index contributed by atoms with van der Waals surface area (Å²) in [4.78, 5) is 16.8. The van der Waals surface area contributed by atoms with Crippen LogP contribution in [0.2, 0.25) is 5.02 Å². The molecule has 0 radical (unpaired) electrons. The van der Waals surface area contributed by atoms with E-state index in [0.717, 1.165) is 5.56 Å². The molecule has 1 atom stereocenters. The van der Waals surface area contributed by atoms with Gasteiger partial charge in [0.15, 0.2) is 0 Å². The topological polar surface area (TPSA) is 87.5 Å².